The van der Waals surface area contributed by atoms with E-state index in [1.807, 2.05) is 6.07 Å². The van der Waals surface area contributed by atoms with Gasteiger partial charge in [-0.15, -0.1) is 13.2 Å². The van der Waals surface area contributed by atoms with Crippen LogP contribution in [0.4, 0.5) is 18.0 Å². The van der Waals surface area contributed by atoms with Crippen molar-refractivity contribution in [2.75, 3.05) is 6.61 Å². The summed E-state index contributed by atoms with van der Waals surface area (Å²) < 4.78 is 52.4. The molecule has 0 spiro atoms. The number of ether oxygens (including phenoxy) is 3. The number of fused-ring (bicyclic) bond motifs is 1. The van der Waals surface area contributed by atoms with Crippen LogP contribution in [0.15, 0.2) is 36.9 Å². The van der Waals surface area contributed by atoms with Crippen LogP contribution in [-0.4, -0.2) is 24.7 Å². The van der Waals surface area contributed by atoms with E-state index in [1.54, 1.807) is 26.8 Å². The molecule has 0 bridgehead atoms. The van der Waals surface area contributed by atoms with Crippen molar-refractivity contribution in [3.05, 3.63) is 53.6 Å². The van der Waals surface area contributed by atoms with Gasteiger partial charge in [-0.05, 0) is 55.7 Å². The first-order chi connectivity index (χ1) is 14.5. The fraction of sp³-hybridized carbons (Fsp3) is 0.348. The van der Waals surface area contributed by atoms with Gasteiger partial charge in [-0.2, -0.15) is 0 Å². The molecule has 0 radical (unpaired) electrons. The fourth-order valence-corrected chi connectivity index (χ4v) is 3.40. The van der Waals surface area contributed by atoms with Gasteiger partial charge >= 0.3 is 12.5 Å². The van der Waals surface area contributed by atoms with Gasteiger partial charge in [0, 0.05) is 24.1 Å². The predicted molar refractivity (Wildman–Crippen MR) is 111 cm³/mol. The summed E-state index contributed by atoms with van der Waals surface area (Å²) in [5.41, 5.74) is 3.38. The topological polar surface area (TPSA) is 56.8 Å². The maximum Gasteiger partial charge on any atom is 0.573 e. The second kappa shape index (κ2) is 8.53. The Bertz CT molecular complexity index is 976. The van der Waals surface area contributed by atoms with Crippen LogP contribution in [0.25, 0.3) is 17.2 Å². The molecule has 1 amide bonds. The zero-order valence-corrected chi connectivity index (χ0v) is 17.6. The molecule has 5 nitrogen and oxygen atoms in total. The Morgan fingerprint density at radius 3 is 2.48 bits per heavy atom. The zero-order valence-electron chi connectivity index (χ0n) is 17.6. The first-order valence-electron chi connectivity index (χ1n) is 9.74. The van der Waals surface area contributed by atoms with Crippen LogP contribution in [-0.2, 0) is 17.7 Å². The van der Waals surface area contributed by atoms with E-state index in [1.165, 1.54) is 24.3 Å². The third kappa shape index (κ3) is 5.71. The summed E-state index contributed by atoms with van der Waals surface area (Å²) in [5, 5.41) is 2.74. The Labute approximate surface area is 178 Å². The molecule has 1 aliphatic rings. The summed E-state index contributed by atoms with van der Waals surface area (Å²) in [6.07, 6.45) is -2.92. The number of benzene rings is 2. The number of rotatable bonds is 5. The molecule has 0 aliphatic carbocycles. The van der Waals surface area contributed by atoms with Gasteiger partial charge in [0.05, 0.1) is 6.61 Å². The first-order valence-corrected chi connectivity index (χ1v) is 9.74. The molecular weight excluding hydrogens is 411 g/mol. The summed E-state index contributed by atoms with van der Waals surface area (Å²) in [7, 11) is 0. The number of nitrogens with one attached hydrogen (secondary N) is 1. The number of hydrogen-bond donors (Lipinski definition) is 1. The number of alkyl halides is 3. The minimum absolute atomic E-state index is 0.200. The van der Waals surface area contributed by atoms with Gasteiger partial charge in [-0.1, -0.05) is 24.8 Å². The molecule has 1 aliphatic heterocycles. The predicted octanol–water partition coefficient (Wildman–Crippen LogP) is 5.85. The molecule has 2 aromatic rings. The Morgan fingerprint density at radius 1 is 1.23 bits per heavy atom. The maximum atomic E-state index is 12.4. The van der Waals surface area contributed by atoms with Crippen molar-refractivity contribution in [1.29, 1.82) is 0 Å². The molecule has 8 heteroatoms. The second-order valence-electron chi connectivity index (χ2n) is 8.03. The lowest BCUT2D eigenvalue weighted by Gasteiger charge is -2.21. The molecule has 0 aromatic heterocycles. The molecule has 166 valence electrons. The Hall–Kier alpha value is -3.16. The molecule has 1 heterocycles. The van der Waals surface area contributed by atoms with Gasteiger partial charge in [0.25, 0.3) is 0 Å². The molecule has 0 saturated heterocycles. The van der Waals surface area contributed by atoms with E-state index in [-0.39, 0.29) is 12.3 Å². The quantitative estimate of drug-likeness (QED) is 0.640. The highest BCUT2D eigenvalue weighted by atomic mass is 19.4. The van der Waals surface area contributed by atoms with Crippen LogP contribution in [0.3, 0.4) is 0 Å². The van der Waals surface area contributed by atoms with Crippen molar-refractivity contribution >= 4 is 12.2 Å². The molecule has 3 rings (SSSR count). The number of alkyl carbamates (subject to hydrolysis) is 1. The Morgan fingerprint density at radius 2 is 1.90 bits per heavy atom. The lowest BCUT2D eigenvalue weighted by molar-refractivity contribution is -0.274. The number of hydrogen-bond acceptors (Lipinski definition) is 4. The Balaban J connectivity index is 1.92. The summed E-state index contributed by atoms with van der Waals surface area (Å²) >= 11 is 0. The second-order valence-corrected chi connectivity index (χ2v) is 8.03. The maximum absolute atomic E-state index is 12.4. The van der Waals surface area contributed by atoms with E-state index in [4.69, 9.17) is 9.47 Å². The lowest BCUT2D eigenvalue weighted by Crippen LogP contribution is -2.32. The van der Waals surface area contributed by atoms with E-state index >= 15 is 0 Å². The van der Waals surface area contributed by atoms with Gasteiger partial charge < -0.3 is 19.5 Å². The minimum Gasteiger partial charge on any atom is -0.492 e. The summed E-state index contributed by atoms with van der Waals surface area (Å²) in [6.45, 7) is 9.90. The SMILES string of the molecule is C=Cc1c(CNC(=O)OC(C)(C)C)cc(-c2ccc(OC(F)(F)F)cc2)c2c1CCO2. The molecule has 0 saturated carbocycles. The summed E-state index contributed by atoms with van der Waals surface area (Å²) in [6, 6.07) is 7.43. The minimum atomic E-state index is -4.75. The van der Waals surface area contributed by atoms with Gasteiger partial charge in [-0.25, -0.2) is 4.79 Å². The molecule has 0 unspecified atom stereocenters. The molecule has 2 aromatic carbocycles. The molecule has 0 atom stereocenters. The Kier molecular flexibility index (Phi) is 6.20. The van der Waals surface area contributed by atoms with Gasteiger partial charge in [0.15, 0.2) is 0 Å². The average Bonchev–Trinajstić information content (AvgIpc) is 3.13. The third-order valence-electron chi connectivity index (χ3n) is 4.53. The van der Waals surface area contributed by atoms with Gasteiger partial charge in [0.2, 0.25) is 0 Å². The first kappa shape index (κ1) is 22.5. The third-order valence-corrected chi connectivity index (χ3v) is 4.53. The van der Waals surface area contributed by atoms with Crippen molar-refractivity contribution in [1.82, 2.24) is 5.32 Å². The van der Waals surface area contributed by atoms with Crippen molar-refractivity contribution in [3.8, 4) is 22.6 Å². The number of carbonyl (C=O) groups is 1. The number of amides is 1. The largest absolute Gasteiger partial charge is 0.573 e. The van der Waals surface area contributed by atoms with Crippen LogP contribution in [0.2, 0.25) is 0 Å². The highest BCUT2D eigenvalue weighted by molar-refractivity contribution is 5.79. The van der Waals surface area contributed by atoms with Crippen molar-refractivity contribution in [2.24, 2.45) is 0 Å². The van der Waals surface area contributed by atoms with Crippen molar-refractivity contribution in [2.45, 2.75) is 45.7 Å². The van der Waals surface area contributed by atoms with Crippen LogP contribution in [0.1, 0.15) is 37.5 Å². The summed E-state index contributed by atoms with van der Waals surface area (Å²) in [5.74, 6) is 0.365. The van der Waals surface area contributed by atoms with Crippen LogP contribution in [0.5, 0.6) is 11.5 Å². The molecule has 0 fully saturated rings. The fourth-order valence-electron chi connectivity index (χ4n) is 3.40. The van der Waals surface area contributed by atoms with E-state index in [2.05, 4.69) is 16.6 Å². The van der Waals surface area contributed by atoms with Crippen LogP contribution < -0.4 is 14.8 Å². The normalized spacial score (nSPS) is 13.2. The van der Waals surface area contributed by atoms with Gasteiger partial charge in [-0.3, -0.25) is 0 Å². The monoisotopic (exact) mass is 435 g/mol. The smallest absolute Gasteiger partial charge is 0.492 e. The highest BCUT2D eigenvalue weighted by Gasteiger charge is 2.31. The van der Waals surface area contributed by atoms with Crippen LogP contribution in [0, 0.1) is 0 Å². The molecule has 31 heavy (non-hydrogen) atoms. The van der Waals surface area contributed by atoms with Crippen molar-refractivity contribution < 1.29 is 32.2 Å². The standard InChI is InChI=1S/C23H24F3NO4/c1-5-17-15(13-27-21(28)31-22(2,3)4)12-19(20-18(17)10-11-29-20)14-6-8-16(9-7-14)30-23(24,25)26/h5-9,12H,1,10-11,13H2,2-4H3,(H,27,28). The van der Waals surface area contributed by atoms with E-state index in [0.717, 1.165) is 22.3 Å². The van der Waals surface area contributed by atoms with E-state index in [0.29, 0.717) is 24.3 Å². The number of carbonyl (C=O) groups excluding carboxylic acids is 1. The highest BCUT2D eigenvalue weighted by Crippen LogP contribution is 2.41. The van der Waals surface area contributed by atoms with Crippen LogP contribution >= 0.6 is 0 Å². The number of halogens is 3. The van der Waals surface area contributed by atoms with Crippen molar-refractivity contribution in [3.63, 3.8) is 0 Å². The molecule has 1 N–H and O–H groups in total. The van der Waals surface area contributed by atoms with Gasteiger partial charge in [0.1, 0.15) is 17.1 Å². The average molecular weight is 435 g/mol. The molecular formula is C23H24F3NO4. The van der Waals surface area contributed by atoms with E-state index in [9.17, 15) is 18.0 Å². The van der Waals surface area contributed by atoms with E-state index < -0.39 is 18.1 Å². The zero-order chi connectivity index (χ0) is 22.8. The summed E-state index contributed by atoms with van der Waals surface area (Å²) in [4.78, 5) is 12.1. The lowest BCUT2D eigenvalue weighted by atomic mass is 9.92.